The number of rotatable bonds is 2. The van der Waals surface area contributed by atoms with Gasteiger partial charge in [0.15, 0.2) is 5.60 Å². The molecular formula is C14H9Cl5O. The number of aliphatic hydroxyl groups is 1. The van der Waals surface area contributed by atoms with Crippen molar-refractivity contribution in [2.45, 2.75) is 9.39 Å². The normalized spacial score (nSPS) is 14.9. The second kappa shape index (κ2) is 5.92. The maximum absolute atomic E-state index is 11.0. The second-order valence-corrected chi connectivity index (χ2v) is 7.32. The lowest BCUT2D eigenvalue weighted by molar-refractivity contribution is 0.0851. The molecule has 0 aromatic heterocycles. The molecule has 1 N–H and O–H groups in total. The van der Waals surface area contributed by atoms with Gasteiger partial charge in [-0.1, -0.05) is 88.3 Å². The van der Waals surface area contributed by atoms with E-state index < -0.39 is 9.39 Å². The lowest BCUT2D eigenvalue weighted by atomic mass is 9.87. The average Bonchev–Trinajstić information content (AvgIpc) is 2.38. The number of halogens is 5. The molecule has 0 fully saturated rings. The Morgan fingerprint density at radius 1 is 0.800 bits per heavy atom. The summed E-state index contributed by atoms with van der Waals surface area (Å²) in [4.78, 5) is 0. The Morgan fingerprint density at radius 2 is 1.35 bits per heavy atom. The predicted octanol–water partition coefficient (Wildman–Crippen LogP) is 5.60. The SMILES string of the molecule is OC(c1ccc(Cl)cc1)(c1ccccc1Cl)C(Cl)(Cl)Cl. The van der Waals surface area contributed by atoms with Crippen LogP contribution in [0.5, 0.6) is 0 Å². The van der Waals surface area contributed by atoms with Crippen molar-refractivity contribution in [2.24, 2.45) is 0 Å². The fourth-order valence-corrected chi connectivity index (χ4v) is 2.95. The van der Waals surface area contributed by atoms with E-state index in [2.05, 4.69) is 0 Å². The first kappa shape index (κ1) is 16.2. The molecule has 2 aromatic carbocycles. The van der Waals surface area contributed by atoms with Crippen LogP contribution in [-0.4, -0.2) is 8.90 Å². The third-order valence-corrected chi connectivity index (χ3v) is 4.34. The molecule has 0 aliphatic rings. The third-order valence-electron chi connectivity index (χ3n) is 2.94. The van der Waals surface area contributed by atoms with Gasteiger partial charge in [0.1, 0.15) is 0 Å². The number of hydrogen-bond donors (Lipinski definition) is 1. The Hall–Kier alpha value is -0.150. The van der Waals surface area contributed by atoms with E-state index in [1.165, 1.54) is 0 Å². The molecule has 1 nitrogen and oxygen atoms in total. The summed E-state index contributed by atoms with van der Waals surface area (Å²) < 4.78 is -2.01. The lowest BCUT2D eigenvalue weighted by Gasteiger charge is -2.36. The summed E-state index contributed by atoms with van der Waals surface area (Å²) in [5, 5.41) is 11.9. The fraction of sp³-hybridized carbons (Fsp3) is 0.143. The van der Waals surface area contributed by atoms with Crippen LogP contribution in [-0.2, 0) is 5.60 Å². The van der Waals surface area contributed by atoms with E-state index in [-0.39, 0.29) is 0 Å². The highest BCUT2D eigenvalue weighted by molar-refractivity contribution is 6.68. The van der Waals surface area contributed by atoms with Gasteiger partial charge in [-0.25, -0.2) is 0 Å². The molecule has 1 unspecified atom stereocenters. The molecule has 0 saturated heterocycles. The van der Waals surface area contributed by atoms with E-state index in [9.17, 15) is 5.11 Å². The summed E-state index contributed by atoms with van der Waals surface area (Å²) in [6.07, 6.45) is 0. The highest BCUT2D eigenvalue weighted by Crippen LogP contribution is 2.50. The molecule has 2 rings (SSSR count). The minimum Gasteiger partial charge on any atom is -0.376 e. The Bertz CT molecular complexity index is 606. The van der Waals surface area contributed by atoms with Crippen molar-refractivity contribution in [3.63, 3.8) is 0 Å². The molecular weight excluding hydrogens is 361 g/mol. The molecule has 0 saturated carbocycles. The molecule has 1 atom stereocenters. The Morgan fingerprint density at radius 3 is 1.85 bits per heavy atom. The minimum absolute atomic E-state index is 0.302. The maximum atomic E-state index is 11.0. The third kappa shape index (κ3) is 2.89. The molecule has 0 bridgehead atoms. The van der Waals surface area contributed by atoms with Crippen LogP contribution >= 0.6 is 58.0 Å². The van der Waals surface area contributed by atoms with Crippen LogP contribution in [0.15, 0.2) is 48.5 Å². The number of benzene rings is 2. The molecule has 0 aliphatic heterocycles. The topological polar surface area (TPSA) is 20.2 Å². The Labute approximate surface area is 142 Å². The second-order valence-electron chi connectivity index (χ2n) is 4.19. The standard InChI is InChI=1S/C14H9Cl5O/c15-10-7-5-9(6-8-10)13(20,14(17,18)19)11-3-1-2-4-12(11)16/h1-8,20H. The minimum atomic E-state index is -2.01. The Kier molecular flexibility index (Phi) is 4.80. The summed E-state index contributed by atoms with van der Waals surface area (Å²) in [7, 11) is 0. The number of hydrogen-bond acceptors (Lipinski definition) is 1. The largest absolute Gasteiger partial charge is 0.376 e. The number of alkyl halides is 3. The molecule has 0 aliphatic carbocycles. The lowest BCUT2D eigenvalue weighted by Crippen LogP contribution is -2.41. The summed E-state index contributed by atoms with van der Waals surface area (Å²) in [6, 6.07) is 13.1. The zero-order valence-electron chi connectivity index (χ0n) is 9.96. The first-order chi connectivity index (χ1) is 9.26. The fourth-order valence-electron chi connectivity index (χ4n) is 1.92. The first-order valence-corrected chi connectivity index (χ1v) is 7.46. The molecule has 0 spiro atoms. The molecule has 6 heteroatoms. The first-order valence-electron chi connectivity index (χ1n) is 5.57. The van der Waals surface area contributed by atoms with Gasteiger partial charge in [0.05, 0.1) is 0 Å². The van der Waals surface area contributed by atoms with E-state index in [1.54, 1.807) is 48.5 Å². The van der Waals surface area contributed by atoms with Crippen LogP contribution in [0.2, 0.25) is 10.0 Å². The van der Waals surface area contributed by atoms with Crippen molar-refractivity contribution in [1.29, 1.82) is 0 Å². The van der Waals surface area contributed by atoms with E-state index in [0.717, 1.165) is 0 Å². The van der Waals surface area contributed by atoms with Crippen molar-refractivity contribution in [1.82, 2.24) is 0 Å². The zero-order chi connectivity index (χ0) is 15.0. The van der Waals surface area contributed by atoms with Gasteiger partial charge in [-0.05, 0) is 23.8 Å². The summed E-state index contributed by atoms with van der Waals surface area (Å²) >= 11 is 30.0. The quantitative estimate of drug-likeness (QED) is 0.682. The molecule has 0 radical (unpaired) electrons. The van der Waals surface area contributed by atoms with Gasteiger partial charge in [0.25, 0.3) is 0 Å². The van der Waals surface area contributed by atoms with Gasteiger partial charge < -0.3 is 5.11 Å². The summed E-state index contributed by atoms with van der Waals surface area (Å²) in [6.45, 7) is 0. The van der Waals surface area contributed by atoms with Gasteiger partial charge >= 0.3 is 0 Å². The molecule has 106 valence electrons. The van der Waals surface area contributed by atoms with Gasteiger partial charge in [0, 0.05) is 15.6 Å². The highest BCUT2D eigenvalue weighted by atomic mass is 35.6. The Balaban J connectivity index is 2.70. The smallest absolute Gasteiger partial charge is 0.227 e. The van der Waals surface area contributed by atoms with Gasteiger partial charge in [0.2, 0.25) is 3.79 Å². The van der Waals surface area contributed by atoms with E-state index in [4.69, 9.17) is 58.0 Å². The van der Waals surface area contributed by atoms with Crippen LogP contribution in [0.3, 0.4) is 0 Å². The highest BCUT2D eigenvalue weighted by Gasteiger charge is 2.50. The van der Waals surface area contributed by atoms with Crippen LogP contribution in [0.4, 0.5) is 0 Å². The van der Waals surface area contributed by atoms with Crippen LogP contribution in [0, 0.1) is 0 Å². The van der Waals surface area contributed by atoms with E-state index in [1.807, 2.05) is 0 Å². The molecule has 20 heavy (non-hydrogen) atoms. The van der Waals surface area contributed by atoms with Gasteiger partial charge in [-0.3, -0.25) is 0 Å². The zero-order valence-corrected chi connectivity index (χ0v) is 13.7. The van der Waals surface area contributed by atoms with Crippen LogP contribution in [0.25, 0.3) is 0 Å². The summed E-state index contributed by atoms with van der Waals surface area (Å²) in [5.74, 6) is 0. The van der Waals surface area contributed by atoms with E-state index in [0.29, 0.717) is 21.2 Å². The van der Waals surface area contributed by atoms with Crippen LogP contribution < -0.4 is 0 Å². The van der Waals surface area contributed by atoms with Crippen molar-refractivity contribution in [3.8, 4) is 0 Å². The maximum Gasteiger partial charge on any atom is 0.227 e. The predicted molar refractivity (Wildman–Crippen MR) is 86.2 cm³/mol. The summed E-state index contributed by atoms with van der Waals surface area (Å²) in [5.41, 5.74) is -1.19. The van der Waals surface area contributed by atoms with Crippen molar-refractivity contribution >= 4 is 58.0 Å². The average molecular weight is 370 g/mol. The molecule has 2 aromatic rings. The van der Waals surface area contributed by atoms with Gasteiger partial charge in [-0.2, -0.15) is 0 Å². The molecule has 0 heterocycles. The van der Waals surface area contributed by atoms with Crippen molar-refractivity contribution in [2.75, 3.05) is 0 Å². The van der Waals surface area contributed by atoms with Crippen molar-refractivity contribution < 1.29 is 5.11 Å². The monoisotopic (exact) mass is 368 g/mol. The van der Waals surface area contributed by atoms with Gasteiger partial charge in [-0.15, -0.1) is 0 Å². The van der Waals surface area contributed by atoms with E-state index >= 15 is 0 Å². The van der Waals surface area contributed by atoms with Crippen LogP contribution in [0.1, 0.15) is 11.1 Å². The van der Waals surface area contributed by atoms with Crippen molar-refractivity contribution in [3.05, 3.63) is 69.7 Å². The molecule has 0 amide bonds.